The molecule has 5 nitrogen and oxygen atoms in total. The zero-order valence-corrected chi connectivity index (χ0v) is 14.3. The van der Waals surface area contributed by atoms with E-state index in [2.05, 4.69) is 23.2 Å². The summed E-state index contributed by atoms with van der Waals surface area (Å²) in [4.78, 5) is 26.4. The number of rotatable bonds is 6. The Morgan fingerprint density at radius 3 is 2.74 bits per heavy atom. The maximum absolute atomic E-state index is 12.4. The second-order valence-corrected chi connectivity index (χ2v) is 6.29. The normalized spacial score (nSPS) is 19.0. The number of amides is 1. The molecule has 23 heavy (non-hydrogen) atoms. The number of hydrogen-bond acceptors (Lipinski definition) is 4. The molecule has 5 heteroatoms. The van der Waals surface area contributed by atoms with Crippen molar-refractivity contribution in [3.63, 3.8) is 0 Å². The van der Waals surface area contributed by atoms with E-state index in [1.165, 1.54) is 12.7 Å². The number of benzene rings is 1. The highest BCUT2D eigenvalue weighted by molar-refractivity contribution is 5.87. The molecule has 3 unspecified atom stereocenters. The first-order valence-electron chi connectivity index (χ1n) is 8.19. The molecule has 0 bridgehead atoms. The topological polar surface area (TPSA) is 58.6 Å². The first-order chi connectivity index (χ1) is 11.0. The number of esters is 1. The number of carbonyl (C=O) groups excluding carboxylic acids is 2. The van der Waals surface area contributed by atoms with Crippen LogP contribution in [0.15, 0.2) is 24.3 Å². The second kappa shape index (κ2) is 7.49. The van der Waals surface area contributed by atoms with Crippen LogP contribution < -0.4 is 10.2 Å². The third-order valence-electron chi connectivity index (χ3n) is 4.62. The van der Waals surface area contributed by atoms with Crippen LogP contribution in [0.2, 0.25) is 0 Å². The SMILES string of the molecule is CCC(C)C(NC(=O)CN1CC(C)c2ccccc21)C(=O)OC. The molecule has 0 aliphatic carbocycles. The van der Waals surface area contributed by atoms with E-state index in [-0.39, 0.29) is 24.3 Å². The summed E-state index contributed by atoms with van der Waals surface area (Å²) in [7, 11) is 1.35. The molecule has 1 aliphatic heterocycles. The van der Waals surface area contributed by atoms with Gasteiger partial charge in [0.15, 0.2) is 0 Å². The van der Waals surface area contributed by atoms with Crippen LogP contribution in [0.4, 0.5) is 5.69 Å². The number of nitrogens with one attached hydrogen (secondary N) is 1. The number of fused-ring (bicyclic) bond motifs is 1. The molecule has 0 radical (unpaired) electrons. The van der Waals surface area contributed by atoms with Crippen molar-refractivity contribution in [1.29, 1.82) is 0 Å². The van der Waals surface area contributed by atoms with Crippen LogP contribution in [-0.4, -0.2) is 38.1 Å². The lowest BCUT2D eigenvalue weighted by Gasteiger charge is -2.24. The van der Waals surface area contributed by atoms with Gasteiger partial charge in [-0.05, 0) is 17.5 Å². The predicted molar refractivity (Wildman–Crippen MR) is 90.5 cm³/mol. The quantitative estimate of drug-likeness (QED) is 0.818. The molecule has 1 N–H and O–H groups in total. The van der Waals surface area contributed by atoms with Crippen molar-refractivity contribution in [3.05, 3.63) is 29.8 Å². The zero-order valence-electron chi connectivity index (χ0n) is 14.3. The van der Waals surface area contributed by atoms with Gasteiger partial charge in [0.2, 0.25) is 5.91 Å². The van der Waals surface area contributed by atoms with Gasteiger partial charge in [-0.15, -0.1) is 0 Å². The summed E-state index contributed by atoms with van der Waals surface area (Å²) in [5, 5.41) is 2.84. The summed E-state index contributed by atoms with van der Waals surface area (Å²) < 4.78 is 4.81. The van der Waals surface area contributed by atoms with Crippen LogP contribution >= 0.6 is 0 Å². The Kier molecular flexibility index (Phi) is 5.64. The van der Waals surface area contributed by atoms with Crippen LogP contribution in [0.3, 0.4) is 0 Å². The highest BCUT2D eigenvalue weighted by Crippen LogP contribution is 2.35. The van der Waals surface area contributed by atoms with Crippen molar-refractivity contribution < 1.29 is 14.3 Å². The van der Waals surface area contributed by atoms with E-state index >= 15 is 0 Å². The van der Waals surface area contributed by atoms with Crippen molar-refractivity contribution in [1.82, 2.24) is 5.32 Å². The van der Waals surface area contributed by atoms with Crippen LogP contribution in [0.25, 0.3) is 0 Å². The zero-order chi connectivity index (χ0) is 17.0. The number of nitrogens with zero attached hydrogens (tertiary/aromatic N) is 1. The van der Waals surface area contributed by atoms with Gasteiger partial charge in [-0.3, -0.25) is 4.79 Å². The summed E-state index contributed by atoms with van der Waals surface area (Å²) in [6.45, 7) is 7.16. The van der Waals surface area contributed by atoms with Crippen LogP contribution in [0.5, 0.6) is 0 Å². The lowest BCUT2D eigenvalue weighted by Crippen LogP contribution is -2.49. The minimum atomic E-state index is -0.590. The summed E-state index contributed by atoms with van der Waals surface area (Å²) in [6.07, 6.45) is 0.795. The molecule has 1 aromatic rings. The molecule has 126 valence electrons. The summed E-state index contributed by atoms with van der Waals surface area (Å²) in [6, 6.07) is 7.56. The number of anilines is 1. The van der Waals surface area contributed by atoms with Crippen LogP contribution in [-0.2, 0) is 14.3 Å². The van der Waals surface area contributed by atoms with E-state index in [4.69, 9.17) is 4.74 Å². The average molecular weight is 318 g/mol. The predicted octanol–water partition coefficient (Wildman–Crippen LogP) is 2.31. The first-order valence-corrected chi connectivity index (χ1v) is 8.19. The van der Waals surface area contributed by atoms with Gasteiger partial charge in [0.05, 0.1) is 13.7 Å². The van der Waals surface area contributed by atoms with E-state index < -0.39 is 6.04 Å². The molecule has 1 amide bonds. The summed E-state index contributed by atoms with van der Waals surface area (Å²) in [5.74, 6) is -0.0892. The Morgan fingerprint density at radius 2 is 2.09 bits per heavy atom. The van der Waals surface area contributed by atoms with Gasteiger partial charge in [-0.25, -0.2) is 4.79 Å². The minimum absolute atomic E-state index is 0.0381. The van der Waals surface area contributed by atoms with Crippen LogP contribution in [0.1, 0.15) is 38.7 Å². The molecule has 2 rings (SSSR count). The highest BCUT2D eigenvalue weighted by Gasteiger charge is 2.30. The van der Waals surface area contributed by atoms with Crippen molar-refractivity contribution in [2.45, 2.75) is 39.2 Å². The fourth-order valence-corrected chi connectivity index (χ4v) is 3.06. The number of methoxy groups -OCH3 is 1. The Morgan fingerprint density at radius 1 is 1.39 bits per heavy atom. The van der Waals surface area contributed by atoms with Gasteiger partial charge < -0.3 is 15.0 Å². The van der Waals surface area contributed by atoms with Crippen molar-refractivity contribution in [3.8, 4) is 0 Å². The molecule has 0 fully saturated rings. The minimum Gasteiger partial charge on any atom is -0.467 e. The molecule has 1 heterocycles. The fourth-order valence-electron chi connectivity index (χ4n) is 3.06. The number of carbonyl (C=O) groups is 2. The van der Waals surface area contributed by atoms with Gasteiger partial charge in [0.1, 0.15) is 6.04 Å². The standard InChI is InChI=1S/C18H26N2O3/c1-5-12(2)17(18(22)23-4)19-16(21)11-20-10-13(3)14-8-6-7-9-15(14)20/h6-9,12-13,17H,5,10-11H2,1-4H3,(H,19,21). The molecular weight excluding hydrogens is 292 g/mol. The van der Waals surface area contributed by atoms with Gasteiger partial charge in [0, 0.05) is 18.2 Å². The first kappa shape index (κ1) is 17.3. The van der Waals surface area contributed by atoms with E-state index in [0.717, 1.165) is 18.7 Å². The number of hydrogen-bond donors (Lipinski definition) is 1. The van der Waals surface area contributed by atoms with Crippen molar-refractivity contribution >= 4 is 17.6 Å². The average Bonchev–Trinajstić information content (AvgIpc) is 2.87. The molecule has 3 atom stereocenters. The lowest BCUT2D eigenvalue weighted by molar-refractivity contribution is -0.146. The largest absolute Gasteiger partial charge is 0.467 e. The monoisotopic (exact) mass is 318 g/mol. The Hall–Kier alpha value is -2.04. The third kappa shape index (κ3) is 3.84. The molecule has 1 aromatic carbocycles. The number of ether oxygens (including phenoxy) is 1. The van der Waals surface area contributed by atoms with E-state index in [1.807, 2.05) is 32.0 Å². The van der Waals surface area contributed by atoms with Crippen molar-refractivity contribution in [2.75, 3.05) is 25.1 Å². The van der Waals surface area contributed by atoms with Crippen LogP contribution in [0, 0.1) is 5.92 Å². The second-order valence-electron chi connectivity index (χ2n) is 6.29. The van der Waals surface area contributed by atoms with E-state index in [1.54, 1.807) is 0 Å². The van der Waals surface area contributed by atoms with Gasteiger partial charge >= 0.3 is 5.97 Å². The summed E-state index contributed by atoms with van der Waals surface area (Å²) >= 11 is 0. The van der Waals surface area contributed by atoms with E-state index in [0.29, 0.717) is 5.92 Å². The maximum atomic E-state index is 12.4. The van der Waals surface area contributed by atoms with Gasteiger partial charge in [0.25, 0.3) is 0 Å². The Labute approximate surface area is 138 Å². The molecular formula is C18H26N2O3. The smallest absolute Gasteiger partial charge is 0.328 e. The Bertz CT molecular complexity index is 573. The maximum Gasteiger partial charge on any atom is 0.328 e. The fraction of sp³-hybridized carbons (Fsp3) is 0.556. The molecule has 0 saturated heterocycles. The third-order valence-corrected chi connectivity index (χ3v) is 4.62. The highest BCUT2D eigenvalue weighted by atomic mass is 16.5. The number of para-hydroxylation sites is 1. The molecule has 0 aromatic heterocycles. The van der Waals surface area contributed by atoms with E-state index in [9.17, 15) is 9.59 Å². The Balaban J connectivity index is 2.03. The molecule has 1 aliphatic rings. The van der Waals surface area contributed by atoms with Gasteiger partial charge in [-0.2, -0.15) is 0 Å². The van der Waals surface area contributed by atoms with Gasteiger partial charge in [-0.1, -0.05) is 45.4 Å². The van der Waals surface area contributed by atoms with Crippen molar-refractivity contribution in [2.24, 2.45) is 5.92 Å². The summed E-state index contributed by atoms with van der Waals surface area (Å²) in [5.41, 5.74) is 2.38. The molecule has 0 spiro atoms. The molecule has 0 saturated carbocycles. The lowest BCUT2D eigenvalue weighted by atomic mass is 9.99.